The Hall–Kier alpha value is -2.07. The average Bonchev–Trinajstić information content (AvgIpc) is 2.73. The molecular weight excluding hydrogens is 458 g/mol. The van der Waals surface area contributed by atoms with Crippen LogP contribution < -0.4 is 11.1 Å². The second-order valence-corrected chi connectivity index (χ2v) is 10.8. The largest absolute Gasteiger partial charge is 0.369 e. The van der Waals surface area contributed by atoms with Gasteiger partial charge >= 0.3 is 0 Å². The molecule has 0 radical (unpaired) electrons. The van der Waals surface area contributed by atoms with Gasteiger partial charge in [-0.1, -0.05) is 30.7 Å². The monoisotopic (exact) mass is 481 g/mol. The van der Waals surface area contributed by atoms with E-state index in [0.29, 0.717) is 23.7 Å². The summed E-state index contributed by atoms with van der Waals surface area (Å²) < 4.78 is 27.7. The SMILES string of the molecule is CC1CCCN(S(=O)(=O)c2cc(C(=O)Nc3ccccc3SCC(N)=O)ccc2Cl)C1. The highest BCUT2D eigenvalue weighted by molar-refractivity contribution is 8.00. The molecule has 3 rings (SSSR count). The number of rotatable bonds is 7. The zero-order valence-electron chi connectivity index (χ0n) is 17.0. The number of nitrogens with two attached hydrogens (primary N) is 1. The van der Waals surface area contributed by atoms with Crippen LogP contribution in [0.5, 0.6) is 0 Å². The van der Waals surface area contributed by atoms with Gasteiger partial charge in [-0.3, -0.25) is 9.59 Å². The lowest BCUT2D eigenvalue weighted by atomic mass is 10.0. The predicted molar refractivity (Wildman–Crippen MR) is 123 cm³/mol. The highest BCUT2D eigenvalue weighted by Crippen LogP contribution is 2.30. The van der Waals surface area contributed by atoms with E-state index in [0.717, 1.165) is 12.8 Å². The van der Waals surface area contributed by atoms with Crippen molar-refractivity contribution in [3.8, 4) is 0 Å². The van der Waals surface area contributed by atoms with E-state index >= 15 is 0 Å². The van der Waals surface area contributed by atoms with Crippen molar-refractivity contribution in [2.45, 2.75) is 29.6 Å². The van der Waals surface area contributed by atoms with E-state index in [4.69, 9.17) is 17.3 Å². The molecule has 1 fully saturated rings. The van der Waals surface area contributed by atoms with Crippen molar-refractivity contribution in [3.05, 3.63) is 53.1 Å². The van der Waals surface area contributed by atoms with Crippen LogP contribution in [-0.2, 0) is 14.8 Å². The minimum atomic E-state index is -3.81. The molecule has 0 aromatic heterocycles. The normalized spacial score (nSPS) is 17.3. The van der Waals surface area contributed by atoms with Crippen molar-refractivity contribution >= 4 is 50.9 Å². The highest BCUT2D eigenvalue weighted by Gasteiger charge is 2.31. The van der Waals surface area contributed by atoms with Crippen LogP contribution in [0.3, 0.4) is 0 Å². The minimum Gasteiger partial charge on any atom is -0.369 e. The third-order valence-electron chi connectivity index (χ3n) is 4.94. The fourth-order valence-electron chi connectivity index (χ4n) is 3.39. The van der Waals surface area contributed by atoms with Gasteiger partial charge in [0.25, 0.3) is 5.91 Å². The Kier molecular flexibility index (Phi) is 7.64. The van der Waals surface area contributed by atoms with Gasteiger partial charge in [-0.05, 0) is 49.1 Å². The van der Waals surface area contributed by atoms with Crippen molar-refractivity contribution < 1.29 is 18.0 Å². The second kappa shape index (κ2) is 10.0. The Labute approximate surface area is 191 Å². The fourth-order valence-corrected chi connectivity index (χ4v) is 6.23. The lowest BCUT2D eigenvalue weighted by Gasteiger charge is -2.30. The van der Waals surface area contributed by atoms with E-state index in [9.17, 15) is 18.0 Å². The summed E-state index contributed by atoms with van der Waals surface area (Å²) in [6.45, 7) is 2.88. The Balaban J connectivity index is 1.85. The van der Waals surface area contributed by atoms with Crippen LogP contribution in [0.15, 0.2) is 52.3 Å². The summed E-state index contributed by atoms with van der Waals surface area (Å²) in [4.78, 5) is 24.5. The number of primary amides is 1. The van der Waals surface area contributed by atoms with Crippen molar-refractivity contribution in [1.29, 1.82) is 0 Å². The molecule has 1 atom stereocenters. The Bertz CT molecular complexity index is 1090. The summed E-state index contributed by atoms with van der Waals surface area (Å²) >= 11 is 7.42. The summed E-state index contributed by atoms with van der Waals surface area (Å²) in [6.07, 6.45) is 1.77. The maximum atomic E-state index is 13.2. The van der Waals surface area contributed by atoms with E-state index in [-0.39, 0.29) is 27.2 Å². The summed E-state index contributed by atoms with van der Waals surface area (Å²) in [5, 5.41) is 2.85. The zero-order chi connectivity index (χ0) is 22.6. The summed E-state index contributed by atoms with van der Waals surface area (Å²) in [7, 11) is -3.81. The number of nitrogens with one attached hydrogen (secondary N) is 1. The molecule has 3 N–H and O–H groups in total. The number of anilines is 1. The standard InChI is InChI=1S/C21H24ClN3O4S2/c1-14-5-4-10-25(12-14)31(28,29)19-11-15(8-9-16(19)22)21(27)24-17-6-2-3-7-18(17)30-13-20(23)26/h2-3,6-9,11,14H,4-5,10,12-13H2,1H3,(H2,23,26)(H,24,27). The first-order valence-electron chi connectivity index (χ1n) is 9.79. The first-order valence-corrected chi connectivity index (χ1v) is 12.6. The molecule has 0 saturated carbocycles. The summed E-state index contributed by atoms with van der Waals surface area (Å²) in [5.41, 5.74) is 5.88. The molecular formula is C21H24ClN3O4S2. The molecule has 0 bridgehead atoms. The molecule has 2 amide bonds. The number of hydrogen-bond donors (Lipinski definition) is 2. The first kappa shape index (κ1) is 23.6. The molecule has 1 aliphatic rings. The Morgan fingerprint density at radius 2 is 2.00 bits per heavy atom. The molecule has 0 spiro atoms. The van der Waals surface area contributed by atoms with Gasteiger partial charge in [-0.15, -0.1) is 11.8 Å². The van der Waals surface area contributed by atoms with Crippen molar-refractivity contribution in [2.75, 3.05) is 24.2 Å². The fraction of sp³-hybridized carbons (Fsp3) is 0.333. The van der Waals surface area contributed by atoms with Crippen LogP contribution in [-0.4, -0.2) is 43.4 Å². The third-order valence-corrected chi connectivity index (χ3v) is 8.38. The first-order chi connectivity index (χ1) is 14.7. The average molecular weight is 482 g/mol. The number of benzene rings is 2. The molecule has 31 heavy (non-hydrogen) atoms. The summed E-state index contributed by atoms with van der Waals surface area (Å²) in [5.74, 6) is -0.606. The number of carbonyl (C=O) groups is 2. The van der Waals surface area contributed by atoms with Gasteiger partial charge in [0.15, 0.2) is 0 Å². The van der Waals surface area contributed by atoms with E-state index in [1.807, 2.05) is 6.92 Å². The lowest BCUT2D eigenvalue weighted by molar-refractivity contribution is -0.115. The topological polar surface area (TPSA) is 110 Å². The van der Waals surface area contributed by atoms with Gasteiger partial charge in [-0.25, -0.2) is 8.42 Å². The van der Waals surface area contributed by atoms with Crippen LogP contribution in [0.2, 0.25) is 5.02 Å². The number of thioether (sulfide) groups is 1. The number of carbonyl (C=O) groups excluding carboxylic acids is 2. The van der Waals surface area contributed by atoms with Gasteiger partial charge in [0.1, 0.15) is 4.90 Å². The second-order valence-electron chi connectivity index (χ2n) is 7.46. The maximum Gasteiger partial charge on any atom is 0.255 e. The molecule has 7 nitrogen and oxygen atoms in total. The van der Waals surface area contributed by atoms with Gasteiger partial charge in [0, 0.05) is 23.5 Å². The molecule has 1 heterocycles. The maximum absolute atomic E-state index is 13.2. The van der Waals surface area contributed by atoms with Crippen molar-refractivity contribution in [3.63, 3.8) is 0 Å². The van der Waals surface area contributed by atoms with Crippen LogP contribution in [0.25, 0.3) is 0 Å². The molecule has 166 valence electrons. The van der Waals surface area contributed by atoms with Crippen molar-refractivity contribution in [2.24, 2.45) is 11.7 Å². The van der Waals surface area contributed by atoms with Gasteiger partial charge in [-0.2, -0.15) is 4.31 Å². The molecule has 0 aliphatic carbocycles. The number of sulfonamides is 1. The van der Waals surface area contributed by atoms with Crippen LogP contribution in [0.1, 0.15) is 30.1 Å². The van der Waals surface area contributed by atoms with E-state index < -0.39 is 21.8 Å². The number of piperidine rings is 1. The lowest BCUT2D eigenvalue weighted by Crippen LogP contribution is -2.39. The summed E-state index contributed by atoms with van der Waals surface area (Å²) in [6, 6.07) is 11.2. The third kappa shape index (κ3) is 5.79. The molecule has 10 heteroatoms. The van der Waals surface area contributed by atoms with Crippen LogP contribution >= 0.6 is 23.4 Å². The van der Waals surface area contributed by atoms with Gasteiger partial charge < -0.3 is 11.1 Å². The predicted octanol–water partition coefficient (Wildman–Crippen LogP) is 3.59. The minimum absolute atomic E-state index is 0.0739. The Morgan fingerprint density at radius 1 is 1.26 bits per heavy atom. The van der Waals surface area contributed by atoms with Gasteiger partial charge in [0.05, 0.1) is 16.5 Å². The Morgan fingerprint density at radius 3 is 2.71 bits per heavy atom. The highest BCUT2D eigenvalue weighted by atomic mass is 35.5. The van der Waals surface area contributed by atoms with Crippen LogP contribution in [0.4, 0.5) is 5.69 Å². The number of nitrogens with zero attached hydrogens (tertiary/aromatic N) is 1. The number of amides is 2. The molecule has 2 aromatic carbocycles. The molecule has 1 unspecified atom stereocenters. The van der Waals surface area contributed by atoms with E-state index in [1.54, 1.807) is 24.3 Å². The zero-order valence-corrected chi connectivity index (χ0v) is 19.4. The number of hydrogen-bond acceptors (Lipinski definition) is 5. The van der Waals surface area contributed by atoms with Crippen LogP contribution in [0, 0.1) is 5.92 Å². The quantitative estimate of drug-likeness (QED) is 0.587. The van der Waals surface area contributed by atoms with Crippen molar-refractivity contribution in [1.82, 2.24) is 4.31 Å². The molecule has 1 aliphatic heterocycles. The smallest absolute Gasteiger partial charge is 0.255 e. The molecule has 1 saturated heterocycles. The molecule has 2 aromatic rings. The number of halogens is 1. The number of para-hydroxylation sites is 1. The van der Waals surface area contributed by atoms with E-state index in [2.05, 4.69) is 5.32 Å². The van der Waals surface area contributed by atoms with Gasteiger partial charge in [0.2, 0.25) is 15.9 Å². The van der Waals surface area contributed by atoms with E-state index in [1.165, 1.54) is 34.3 Å².